The van der Waals surface area contributed by atoms with Crippen LogP contribution in [0.3, 0.4) is 0 Å². The Kier molecular flexibility index (Phi) is 1.94. The number of nitrogens with zero attached hydrogens (tertiary/aromatic N) is 1. The van der Waals surface area contributed by atoms with E-state index in [-0.39, 0.29) is 5.75 Å². The van der Waals surface area contributed by atoms with Crippen molar-refractivity contribution in [3.8, 4) is 5.75 Å². The minimum atomic E-state index is -0.595. The minimum Gasteiger partial charge on any atom is -0.321 e. The first-order valence-corrected chi connectivity index (χ1v) is 2.59. The van der Waals surface area contributed by atoms with Crippen LogP contribution in [0.15, 0.2) is 29.6 Å². The van der Waals surface area contributed by atoms with Crippen LogP contribution in [0.1, 0.15) is 0 Å². The van der Waals surface area contributed by atoms with Crippen LogP contribution in [0, 0.1) is 10.7 Å². The van der Waals surface area contributed by atoms with Crippen molar-refractivity contribution in [2.45, 2.75) is 0 Å². The summed E-state index contributed by atoms with van der Waals surface area (Å²) in [5.74, 6) is -0.750. The average molecular weight is 141 g/mol. The van der Waals surface area contributed by atoms with E-state index in [2.05, 4.69) is 10.2 Å². The van der Waals surface area contributed by atoms with Crippen LogP contribution in [-0.2, 0) is 0 Å². The van der Waals surface area contributed by atoms with Gasteiger partial charge in [0.25, 0.3) is 0 Å². The first-order chi connectivity index (χ1) is 4.84. The lowest BCUT2D eigenvalue weighted by molar-refractivity contribution is 0.316. The van der Waals surface area contributed by atoms with Crippen LogP contribution in [0.25, 0.3) is 0 Å². The summed E-state index contributed by atoms with van der Waals surface area (Å²) in [7, 11) is 0. The van der Waals surface area contributed by atoms with Crippen molar-refractivity contribution in [1.29, 1.82) is 0 Å². The van der Waals surface area contributed by atoms with Gasteiger partial charge < -0.3 is 4.84 Å². The fourth-order valence-electron chi connectivity index (χ4n) is 0.559. The largest absolute Gasteiger partial charge is 0.321 e. The van der Waals surface area contributed by atoms with Crippen molar-refractivity contribution in [2.75, 3.05) is 0 Å². The van der Waals surface area contributed by atoms with E-state index in [9.17, 15) is 9.30 Å². The molecule has 0 atom stereocenters. The van der Waals surface area contributed by atoms with E-state index < -0.39 is 5.82 Å². The Bertz CT molecular complexity index is 239. The summed E-state index contributed by atoms with van der Waals surface area (Å²) < 4.78 is 12.5. The third-order valence-corrected chi connectivity index (χ3v) is 0.972. The van der Waals surface area contributed by atoms with Crippen LogP contribution >= 0.6 is 0 Å². The Morgan fingerprint density at radius 3 is 2.70 bits per heavy atom. The van der Waals surface area contributed by atoms with Gasteiger partial charge in [-0.2, -0.15) is 0 Å². The standard InChI is InChI=1S/C6H4FNO2/c7-5-3-1-2-4-6(5)10-8-9/h1-4H. The van der Waals surface area contributed by atoms with Crippen LogP contribution in [0.2, 0.25) is 0 Å². The highest BCUT2D eigenvalue weighted by Gasteiger charge is 1.99. The molecule has 0 aromatic heterocycles. The molecule has 0 fully saturated rings. The van der Waals surface area contributed by atoms with Gasteiger partial charge in [-0.15, -0.1) is 4.91 Å². The normalized spacial score (nSPS) is 8.90. The second-order valence-electron chi connectivity index (χ2n) is 1.60. The fraction of sp³-hybridized carbons (Fsp3) is 0. The van der Waals surface area contributed by atoms with E-state index in [0.29, 0.717) is 0 Å². The SMILES string of the molecule is O=NOc1ccccc1F. The zero-order valence-corrected chi connectivity index (χ0v) is 4.95. The first kappa shape index (κ1) is 6.67. The summed E-state index contributed by atoms with van der Waals surface area (Å²) in [6.07, 6.45) is 0. The molecule has 0 unspecified atom stereocenters. The molecule has 0 heterocycles. The van der Waals surface area contributed by atoms with Crippen molar-refractivity contribution >= 4 is 0 Å². The molecule has 0 amide bonds. The molecule has 1 aromatic rings. The van der Waals surface area contributed by atoms with E-state index in [0.717, 1.165) is 0 Å². The summed E-state index contributed by atoms with van der Waals surface area (Å²) in [5.41, 5.74) is 0. The zero-order valence-electron chi connectivity index (χ0n) is 4.95. The molecule has 0 bridgehead atoms. The van der Waals surface area contributed by atoms with Gasteiger partial charge in [-0.1, -0.05) is 12.1 Å². The number of halogens is 1. The van der Waals surface area contributed by atoms with Gasteiger partial charge >= 0.3 is 0 Å². The summed E-state index contributed by atoms with van der Waals surface area (Å²) in [4.78, 5) is 13.5. The van der Waals surface area contributed by atoms with Crippen LogP contribution in [0.4, 0.5) is 4.39 Å². The molecule has 0 radical (unpaired) electrons. The lowest BCUT2D eigenvalue weighted by Crippen LogP contribution is -1.83. The lowest BCUT2D eigenvalue weighted by atomic mass is 10.3. The molecule has 0 N–H and O–H groups in total. The van der Waals surface area contributed by atoms with E-state index in [1.54, 1.807) is 6.07 Å². The number of para-hydroxylation sites is 1. The quantitative estimate of drug-likeness (QED) is 0.466. The Morgan fingerprint density at radius 2 is 2.10 bits per heavy atom. The van der Waals surface area contributed by atoms with Crippen molar-refractivity contribution in [2.24, 2.45) is 5.34 Å². The molecule has 52 valence electrons. The second kappa shape index (κ2) is 2.91. The highest BCUT2D eigenvalue weighted by Crippen LogP contribution is 2.14. The number of hydrogen-bond donors (Lipinski definition) is 0. The van der Waals surface area contributed by atoms with Gasteiger partial charge in [0.2, 0.25) is 0 Å². The van der Waals surface area contributed by atoms with E-state index in [1.165, 1.54) is 18.2 Å². The third-order valence-electron chi connectivity index (χ3n) is 0.972. The minimum absolute atomic E-state index is 0.155. The number of benzene rings is 1. The molecular weight excluding hydrogens is 137 g/mol. The molecular formula is C6H4FNO2. The molecule has 0 aliphatic carbocycles. The predicted octanol–water partition coefficient (Wildman–Crippen LogP) is 1.89. The summed E-state index contributed by atoms with van der Waals surface area (Å²) in [6.45, 7) is 0. The predicted molar refractivity (Wildman–Crippen MR) is 32.8 cm³/mol. The van der Waals surface area contributed by atoms with Gasteiger partial charge in [-0.05, 0) is 12.1 Å². The maximum atomic E-state index is 12.5. The van der Waals surface area contributed by atoms with Gasteiger partial charge in [0, 0.05) is 0 Å². The molecule has 0 aliphatic rings. The summed E-state index contributed by atoms with van der Waals surface area (Å²) in [6, 6.07) is 5.54. The van der Waals surface area contributed by atoms with Crippen LogP contribution in [-0.4, -0.2) is 0 Å². The van der Waals surface area contributed by atoms with Crippen LogP contribution in [0.5, 0.6) is 5.75 Å². The molecule has 0 aliphatic heterocycles. The molecule has 1 rings (SSSR count). The van der Waals surface area contributed by atoms with Crippen LogP contribution < -0.4 is 4.84 Å². The molecule has 1 aromatic carbocycles. The van der Waals surface area contributed by atoms with Gasteiger partial charge in [0.1, 0.15) is 0 Å². The summed E-state index contributed by atoms with van der Waals surface area (Å²) >= 11 is 0. The molecule has 0 spiro atoms. The van der Waals surface area contributed by atoms with Crippen molar-refractivity contribution in [3.05, 3.63) is 35.0 Å². The fourth-order valence-corrected chi connectivity index (χ4v) is 0.559. The highest BCUT2D eigenvalue weighted by molar-refractivity contribution is 5.23. The third kappa shape index (κ3) is 1.28. The van der Waals surface area contributed by atoms with Crippen molar-refractivity contribution < 1.29 is 9.23 Å². The highest BCUT2D eigenvalue weighted by atomic mass is 19.1. The Labute approximate surface area is 56.4 Å². The first-order valence-electron chi connectivity index (χ1n) is 2.59. The lowest BCUT2D eigenvalue weighted by Gasteiger charge is -1.93. The van der Waals surface area contributed by atoms with Gasteiger partial charge in [0.15, 0.2) is 16.9 Å². The second-order valence-corrected chi connectivity index (χ2v) is 1.60. The molecule has 10 heavy (non-hydrogen) atoms. The molecule has 0 saturated carbocycles. The zero-order chi connectivity index (χ0) is 7.40. The molecule has 0 saturated heterocycles. The van der Waals surface area contributed by atoms with Gasteiger partial charge in [-0.3, -0.25) is 0 Å². The van der Waals surface area contributed by atoms with Crippen molar-refractivity contribution in [1.82, 2.24) is 0 Å². The Balaban J connectivity index is 2.91. The van der Waals surface area contributed by atoms with Crippen molar-refractivity contribution in [3.63, 3.8) is 0 Å². The average Bonchev–Trinajstić information content (AvgIpc) is 1.94. The topological polar surface area (TPSA) is 38.7 Å². The molecule has 4 heteroatoms. The maximum Gasteiger partial charge on any atom is 0.197 e. The van der Waals surface area contributed by atoms with E-state index in [4.69, 9.17) is 0 Å². The maximum absolute atomic E-state index is 12.5. The molecule has 3 nitrogen and oxygen atoms in total. The van der Waals surface area contributed by atoms with E-state index >= 15 is 0 Å². The van der Waals surface area contributed by atoms with E-state index in [1.807, 2.05) is 0 Å². The monoisotopic (exact) mass is 141 g/mol. The number of hydrogen-bond acceptors (Lipinski definition) is 3. The van der Waals surface area contributed by atoms with Gasteiger partial charge in [0.05, 0.1) is 0 Å². The van der Waals surface area contributed by atoms with Gasteiger partial charge in [-0.25, -0.2) is 4.39 Å². The summed E-state index contributed by atoms with van der Waals surface area (Å²) in [5, 5.41) is 2.08. The Morgan fingerprint density at radius 1 is 1.40 bits per heavy atom. The number of rotatable bonds is 2. The Hall–Kier alpha value is -1.45. The smallest absolute Gasteiger partial charge is 0.197 e.